The highest BCUT2D eigenvalue weighted by Gasteiger charge is 2.35. The van der Waals surface area contributed by atoms with Crippen LogP contribution in [0.15, 0.2) is 59.8 Å². The summed E-state index contributed by atoms with van der Waals surface area (Å²) in [6.45, 7) is 0. The van der Waals surface area contributed by atoms with Gasteiger partial charge in [0.15, 0.2) is 0 Å². The standard InChI is InChI=1S/C18H15ClF3NO2/c19-15-5-3-11-23(17(15)14-4-1-2-6-16(14)24)12-7-9-13(10-8-12)25-18(20,21)22/h1,3-5,7-11,14,17H,2,6H2. The number of Topliss-reactive ketones (excluding diaryl/α,β-unsaturated/α-hetero) is 1. The van der Waals surface area contributed by atoms with Gasteiger partial charge in [-0.25, -0.2) is 0 Å². The zero-order valence-electron chi connectivity index (χ0n) is 13.0. The summed E-state index contributed by atoms with van der Waals surface area (Å²) in [4.78, 5) is 14.1. The van der Waals surface area contributed by atoms with Gasteiger partial charge in [0.1, 0.15) is 11.5 Å². The van der Waals surface area contributed by atoms with Crippen molar-refractivity contribution in [2.45, 2.75) is 25.2 Å². The van der Waals surface area contributed by atoms with Crippen LogP contribution in [0.5, 0.6) is 5.75 Å². The first-order valence-corrected chi connectivity index (χ1v) is 8.10. The molecule has 2 atom stereocenters. The lowest BCUT2D eigenvalue weighted by atomic mass is 9.86. The van der Waals surface area contributed by atoms with E-state index >= 15 is 0 Å². The highest BCUT2D eigenvalue weighted by atomic mass is 35.5. The molecule has 0 aromatic heterocycles. The summed E-state index contributed by atoms with van der Waals surface area (Å²) >= 11 is 6.35. The van der Waals surface area contributed by atoms with E-state index in [1.54, 1.807) is 23.3 Å². The molecule has 1 aromatic carbocycles. The van der Waals surface area contributed by atoms with E-state index in [2.05, 4.69) is 4.74 Å². The summed E-state index contributed by atoms with van der Waals surface area (Å²) in [7, 11) is 0. The molecule has 0 N–H and O–H groups in total. The van der Waals surface area contributed by atoms with Crippen LogP contribution < -0.4 is 9.64 Å². The van der Waals surface area contributed by atoms with Crippen molar-refractivity contribution in [2.75, 3.05) is 4.90 Å². The van der Waals surface area contributed by atoms with Crippen molar-refractivity contribution in [1.29, 1.82) is 0 Å². The van der Waals surface area contributed by atoms with Gasteiger partial charge in [-0.15, -0.1) is 13.2 Å². The third kappa shape index (κ3) is 4.07. The summed E-state index contributed by atoms with van der Waals surface area (Å²) in [5, 5.41) is 0.503. The Morgan fingerprint density at radius 1 is 1.20 bits per heavy atom. The summed E-state index contributed by atoms with van der Waals surface area (Å²) in [5.41, 5.74) is 0.619. The second-order valence-corrected chi connectivity index (χ2v) is 6.18. The summed E-state index contributed by atoms with van der Waals surface area (Å²) in [6, 6.07) is 5.07. The molecule has 2 unspecified atom stereocenters. The van der Waals surface area contributed by atoms with E-state index in [4.69, 9.17) is 11.6 Å². The molecule has 1 aromatic rings. The van der Waals surface area contributed by atoms with Crippen LogP contribution in [-0.4, -0.2) is 18.2 Å². The molecule has 0 bridgehead atoms. The second kappa shape index (κ2) is 6.96. The van der Waals surface area contributed by atoms with Crippen molar-refractivity contribution >= 4 is 23.1 Å². The van der Waals surface area contributed by atoms with Gasteiger partial charge in [0.2, 0.25) is 0 Å². The summed E-state index contributed by atoms with van der Waals surface area (Å²) < 4.78 is 40.7. The number of ether oxygens (including phenoxy) is 1. The van der Waals surface area contributed by atoms with E-state index in [1.807, 2.05) is 12.2 Å². The van der Waals surface area contributed by atoms with Gasteiger partial charge in [0.25, 0.3) is 0 Å². The van der Waals surface area contributed by atoms with Crippen molar-refractivity contribution in [3.05, 3.63) is 59.8 Å². The fourth-order valence-electron chi connectivity index (χ4n) is 2.99. The molecule has 0 saturated heterocycles. The van der Waals surface area contributed by atoms with Crippen molar-refractivity contribution < 1.29 is 22.7 Å². The Balaban J connectivity index is 1.87. The van der Waals surface area contributed by atoms with E-state index in [0.717, 1.165) is 0 Å². The molecule has 0 radical (unpaired) electrons. The zero-order valence-corrected chi connectivity index (χ0v) is 13.8. The van der Waals surface area contributed by atoms with E-state index in [0.29, 0.717) is 23.6 Å². The molecule has 3 rings (SSSR count). The Morgan fingerprint density at radius 2 is 1.92 bits per heavy atom. The van der Waals surface area contributed by atoms with Crippen LogP contribution in [0.2, 0.25) is 0 Å². The maximum atomic E-state index is 12.3. The number of ketones is 1. The van der Waals surface area contributed by atoms with Gasteiger partial charge in [-0.2, -0.15) is 0 Å². The first-order chi connectivity index (χ1) is 11.8. The average molecular weight is 370 g/mol. The molecule has 7 heteroatoms. The lowest BCUT2D eigenvalue weighted by Crippen LogP contribution is -2.42. The molecule has 0 fully saturated rings. The van der Waals surface area contributed by atoms with Crippen LogP contribution in [0, 0.1) is 5.92 Å². The van der Waals surface area contributed by atoms with Gasteiger partial charge in [0.05, 0.1) is 12.0 Å². The number of nitrogens with zero attached hydrogens (tertiary/aromatic N) is 1. The number of anilines is 1. The predicted octanol–water partition coefficient (Wildman–Crippen LogP) is 4.95. The van der Waals surface area contributed by atoms with Gasteiger partial charge in [-0.05, 0) is 42.8 Å². The van der Waals surface area contributed by atoms with Crippen LogP contribution in [0.25, 0.3) is 0 Å². The molecule has 2 aliphatic rings. The minimum Gasteiger partial charge on any atom is -0.406 e. The minimum absolute atomic E-state index is 0.0939. The number of carbonyl (C=O) groups excluding carboxylic acids is 1. The average Bonchev–Trinajstić information content (AvgIpc) is 2.55. The maximum Gasteiger partial charge on any atom is 0.573 e. The number of carbonyl (C=O) groups is 1. The summed E-state index contributed by atoms with van der Waals surface area (Å²) in [6.07, 6.45) is 5.44. The fraction of sp³-hybridized carbons (Fsp3) is 0.278. The Kier molecular flexibility index (Phi) is 4.90. The van der Waals surface area contributed by atoms with Gasteiger partial charge < -0.3 is 9.64 Å². The number of allylic oxidation sites excluding steroid dienone is 3. The molecule has 25 heavy (non-hydrogen) atoms. The SMILES string of the molecule is O=C1CCC=CC1C1C(Cl)=CC=CN1c1ccc(OC(F)(F)F)cc1. The first-order valence-electron chi connectivity index (χ1n) is 7.72. The molecule has 1 heterocycles. The number of rotatable bonds is 3. The van der Waals surface area contributed by atoms with Gasteiger partial charge >= 0.3 is 6.36 Å². The van der Waals surface area contributed by atoms with Crippen LogP contribution in [0.3, 0.4) is 0 Å². The van der Waals surface area contributed by atoms with Gasteiger partial charge in [-0.1, -0.05) is 23.8 Å². The van der Waals surface area contributed by atoms with Crippen molar-refractivity contribution in [3.63, 3.8) is 0 Å². The predicted molar refractivity (Wildman–Crippen MR) is 89.3 cm³/mol. The van der Waals surface area contributed by atoms with Crippen molar-refractivity contribution in [3.8, 4) is 5.75 Å². The zero-order chi connectivity index (χ0) is 18.0. The molecule has 132 valence electrons. The van der Waals surface area contributed by atoms with Crippen LogP contribution in [0.1, 0.15) is 12.8 Å². The minimum atomic E-state index is -4.74. The molecule has 1 aliphatic heterocycles. The van der Waals surface area contributed by atoms with Crippen LogP contribution >= 0.6 is 11.6 Å². The Morgan fingerprint density at radius 3 is 2.56 bits per heavy atom. The summed E-state index contributed by atoms with van der Waals surface area (Å²) in [5.74, 6) is -0.603. The van der Waals surface area contributed by atoms with Crippen LogP contribution in [-0.2, 0) is 4.79 Å². The van der Waals surface area contributed by atoms with Crippen molar-refractivity contribution in [2.24, 2.45) is 5.92 Å². The number of halogens is 4. The van der Waals surface area contributed by atoms with Crippen LogP contribution in [0.4, 0.5) is 18.9 Å². The van der Waals surface area contributed by atoms with E-state index in [9.17, 15) is 18.0 Å². The third-order valence-corrected chi connectivity index (χ3v) is 4.42. The van der Waals surface area contributed by atoms with E-state index < -0.39 is 18.3 Å². The van der Waals surface area contributed by atoms with Gasteiger partial charge in [-0.3, -0.25) is 4.79 Å². The maximum absolute atomic E-state index is 12.3. The molecular weight excluding hydrogens is 355 g/mol. The first kappa shape index (κ1) is 17.6. The highest BCUT2D eigenvalue weighted by molar-refractivity contribution is 6.31. The Labute approximate surface area is 148 Å². The Bertz CT molecular complexity index is 738. The molecule has 3 nitrogen and oxygen atoms in total. The molecule has 0 amide bonds. The quantitative estimate of drug-likeness (QED) is 0.706. The third-order valence-electron chi connectivity index (χ3n) is 4.07. The number of benzene rings is 1. The van der Waals surface area contributed by atoms with Gasteiger partial charge in [0, 0.05) is 23.3 Å². The van der Waals surface area contributed by atoms with E-state index in [-0.39, 0.29) is 11.5 Å². The topological polar surface area (TPSA) is 29.5 Å². The monoisotopic (exact) mass is 369 g/mol. The fourth-order valence-corrected chi connectivity index (χ4v) is 3.30. The normalized spacial score (nSPS) is 23.6. The molecule has 1 aliphatic carbocycles. The van der Waals surface area contributed by atoms with E-state index in [1.165, 1.54) is 24.3 Å². The largest absolute Gasteiger partial charge is 0.573 e. The van der Waals surface area contributed by atoms with Crippen molar-refractivity contribution in [1.82, 2.24) is 0 Å². The Hall–Kier alpha value is -2.21. The molecular formula is C18H15ClF3NO2. The lowest BCUT2D eigenvalue weighted by molar-refractivity contribution is -0.274. The highest BCUT2D eigenvalue weighted by Crippen LogP contribution is 2.35. The number of hydrogen-bond acceptors (Lipinski definition) is 3. The number of hydrogen-bond donors (Lipinski definition) is 0. The number of alkyl halides is 3. The second-order valence-electron chi connectivity index (χ2n) is 5.75. The molecule has 0 spiro atoms. The lowest BCUT2D eigenvalue weighted by Gasteiger charge is -2.37. The molecule has 0 saturated carbocycles. The smallest absolute Gasteiger partial charge is 0.406 e.